The molecule has 0 fully saturated rings. The van der Waals surface area contributed by atoms with Gasteiger partial charge in [-0.25, -0.2) is 4.98 Å². The lowest BCUT2D eigenvalue weighted by atomic mass is 10.1. The molecule has 0 unspecified atom stereocenters. The molecule has 0 spiro atoms. The number of carbonyl (C=O) groups is 3. The Morgan fingerprint density at radius 2 is 2.00 bits per heavy atom. The second-order valence-corrected chi connectivity index (χ2v) is 7.83. The van der Waals surface area contributed by atoms with E-state index in [0.29, 0.717) is 39.1 Å². The summed E-state index contributed by atoms with van der Waals surface area (Å²) < 4.78 is 15.6. The van der Waals surface area contributed by atoms with Crippen molar-refractivity contribution < 1.29 is 28.6 Å². The van der Waals surface area contributed by atoms with Gasteiger partial charge in [0.15, 0.2) is 11.7 Å². The Morgan fingerprint density at radius 3 is 2.73 bits per heavy atom. The van der Waals surface area contributed by atoms with Crippen molar-refractivity contribution in [1.82, 2.24) is 4.98 Å². The smallest absolute Gasteiger partial charge is 0.326 e. The van der Waals surface area contributed by atoms with Crippen molar-refractivity contribution >= 4 is 39.9 Å². The lowest BCUT2D eigenvalue weighted by Crippen LogP contribution is -2.42. The molecule has 0 saturated heterocycles. The van der Waals surface area contributed by atoms with Crippen LogP contribution in [0, 0.1) is 0 Å². The first-order valence-corrected chi connectivity index (χ1v) is 11.0. The third-order valence-corrected chi connectivity index (χ3v) is 5.62. The Hall–Kier alpha value is -3.92. The van der Waals surface area contributed by atoms with Crippen molar-refractivity contribution in [3.05, 3.63) is 53.4 Å². The molecule has 1 aromatic heterocycles. The van der Waals surface area contributed by atoms with E-state index in [4.69, 9.17) is 14.2 Å². The first-order chi connectivity index (χ1) is 16.0. The van der Waals surface area contributed by atoms with Crippen LogP contribution < -0.4 is 19.7 Å². The Labute approximate surface area is 193 Å². The van der Waals surface area contributed by atoms with Crippen molar-refractivity contribution in [3.63, 3.8) is 0 Å². The average Bonchev–Trinajstić information content (AvgIpc) is 3.29. The molecule has 2 heterocycles. The van der Waals surface area contributed by atoms with Crippen molar-refractivity contribution in [2.75, 3.05) is 37.1 Å². The number of fused-ring (bicyclic) bond motifs is 1. The average molecular weight is 468 g/mol. The van der Waals surface area contributed by atoms with Crippen LogP contribution in [0.25, 0.3) is 11.3 Å². The van der Waals surface area contributed by atoms with Crippen LogP contribution in [0.4, 0.5) is 10.8 Å². The lowest BCUT2D eigenvalue weighted by Gasteiger charge is -2.28. The number of anilines is 2. The van der Waals surface area contributed by atoms with Crippen molar-refractivity contribution in [3.8, 4) is 22.8 Å². The molecule has 0 aliphatic carbocycles. The fourth-order valence-electron chi connectivity index (χ4n) is 3.25. The fraction of sp³-hybridized carbons (Fsp3) is 0.217. The van der Waals surface area contributed by atoms with Gasteiger partial charge in [-0.3, -0.25) is 24.6 Å². The van der Waals surface area contributed by atoms with Crippen LogP contribution in [0.1, 0.15) is 17.3 Å². The number of ether oxygens (including phenoxy) is 3. The Morgan fingerprint density at radius 1 is 1.21 bits per heavy atom. The molecule has 3 aromatic rings. The number of hydrogen-bond acceptors (Lipinski definition) is 8. The normalized spacial score (nSPS) is 12.5. The number of amides is 2. The first-order valence-electron chi connectivity index (χ1n) is 10.1. The fourth-order valence-corrected chi connectivity index (χ4v) is 3.96. The molecule has 0 radical (unpaired) electrons. The van der Waals surface area contributed by atoms with E-state index in [0.717, 1.165) is 0 Å². The quantitative estimate of drug-likeness (QED) is 0.531. The van der Waals surface area contributed by atoms with Crippen LogP contribution >= 0.6 is 11.3 Å². The van der Waals surface area contributed by atoms with Gasteiger partial charge >= 0.3 is 5.97 Å². The SMILES string of the molecule is CCOC(=O)CN1C(=O)COc2ccc(-c3csc(NC(=O)c4ccc(OC)cc4)n3)cc21. The van der Waals surface area contributed by atoms with E-state index in [2.05, 4.69) is 10.3 Å². The van der Waals surface area contributed by atoms with Crippen LogP contribution in [-0.2, 0) is 14.3 Å². The molecule has 1 aliphatic rings. The molecule has 2 amide bonds. The molecule has 9 nitrogen and oxygen atoms in total. The summed E-state index contributed by atoms with van der Waals surface area (Å²) in [5.74, 6) is 0.0317. The first kappa shape index (κ1) is 22.3. The van der Waals surface area contributed by atoms with E-state index in [9.17, 15) is 14.4 Å². The molecular weight excluding hydrogens is 446 g/mol. The number of aromatic nitrogens is 1. The maximum absolute atomic E-state index is 12.5. The van der Waals surface area contributed by atoms with Crippen molar-refractivity contribution in [1.29, 1.82) is 0 Å². The zero-order valence-corrected chi connectivity index (χ0v) is 18.8. The maximum atomic E-state index is 12.5. The number of hydrogen-bond donors (Lipinski definition) is 1. The summed E-state index contributed by atoms with van der Waals surface area (Å²) in [7, 11) is 1.56. The molecule has 170 valence electrons. The molecule has 1 N–H and O–H groups in total. The van der Waals surface area contributed by atoms with E-state index in [1.807, 2.05) is 0 Å². The lowest BCUT2D eigenvalue weighted by molar-refractivity contribution is -0.142. The van der Waals surface area contributed by atoms with Crippen molar-refractivity contribution in [2.24, 2.45) is 0 Å². The topological polar surface area (TPSA) is 107 Å². The predicted octanol–water partition coefficient (Wildman–Crippen LogP) is 3.36. The highest BCUT2D eigenvalue weighted by atomic mass is 32.1. The molecule has 0 saturated carbocycles. The highest BCUT2D eigenvalue weighted by molar-refractivity contribution is 7.14. The van der Waals surface area contributed by atoms with E-state index < -0.39 is 5.97 Å². The van der Waals surface area contributed by atoms with Gasteiger partial charge in [0.2, 0.25) is 0 Å². The highest BCUT2D eigenvalue weighted by Crippen LogP contribution is 2.36. The number of nitrogens with zero attached hydrogens (tertiary/aromatic N) is 2. The Kier molecular flexibility index (Phi) is 6.55. The third kappa shape index (κ3) is 4.96. The molecule has 0 atom stereocenters. The highest BCUT2D eigenvalue weighted by Gasteiger charge is 2.28. The molecule has 2 aromatic carbocycles. The second kappa shape index (κ2) is 9.70. The van der Waals surface area contributed by atoms with Gasteiger partial charge in [-0.2, -0.15) is 0 Å². The number of thiazole rings is 1. The maximum Gasteiger partial charge on any atom is 0.326 e. The molecular formula is C23H21N3O6S. The monoisotopic (exact) mass is 467 g/mol. The summed E-state index contributed by atoms with van der Waals surface area (Å²) in [5, 5.41) is 5.01. The van der Waals surface area contributed by atoms with Gasteiger partial charge in [0.05, 0.1) is 25.1 Å². The summed E-state index contributed by atoms with van der Waals surface area (Å²) in [4.78, 5) is 42.7. The third-order valence-electron chi connectivity index (χ3n) is 4.87. The van der Waals surface area contributed by atoms with Gasteiger partial charge in [-0.1, -0.05) is 0 Å². The zero-order valence-electron chi connectivity index (χ0n) is 18.0. The van der Waals surface area contributed by atoms with Gasteiger partial charge in [0, 0.05) is 16.5 Å². The minimum absolute atomic E-state index is 0.149. The van der Waals surface area contributed by atoms with E-state index >= 15 is 0 Å². The second-order valence-electron chi connectivity index (χ2n) is 6.98. The number of benzene rings is 2. The van der Waals surface area contributed by atoms with Gasteiger partial charge in [-0.15, -0.1) is 11.3 Å². The summed E-state index contributed by atoms with van der Waals surface area (Å²) in [6, 6.07) is 12.0. The number of esters is 1. The summed E-state index contributed by atoms with van der Waals surface area (Å²) in [5.41, 5.74) is 2.27. The number of carbonyl (C=O) groups excluding carboxylic acids is 3. The number of methoxy groups -OCH3 is 1. The largest absolute Gasteiger partial charge is 0.497 e. The summed E-state index contributed by atoms with van der Waals surface area (Å²) in [6.07, 6.45) is 0. The number of rotatable bonds is 7. The standard InChI is InChI=1S/C23H21N3O6S/c1-3-31-21(28)11-26-18-10-15(6-9-19(18)32-12-20(26)27)17-13-33-23(24-17)25-22(29)14-4-7-16(30-2)8-5-14/h4-10,13H,3,11-12H2,1-2H3,(H,24,25,29). The predicted molar refractivity (Wildman–Crippen MR) is 123 cm³/mol. The van der Waals surface area contributed by atoms with E-state index in [1.54, 1.807) is 61.9 Å². The summed E-state index contributed by atoms with van der Waals surface area (Å²) >= 11 is 1.28. The van der Waals surface area contributed by atoms with E-state index in [-0.39, 0.29) is 31.6 Å². The number of nitrogens with one attached hydrogen (secondary N) is 1. The minimum Gasteiger partial charge on any atom is -0.497 e. The Balaban J connectivity index is 1.53. The van der Waals surface area contributed by atoms with E-state index in [1.165, 1.54) is 16.2 Å². The van der Waals surface area contributed by atoms with Crippen LogP contribution in [0.3, 0.4) is 0 Å². The van der Waals surface area contributed by atoms with Gasteiger partial charge in [-0.05, 0) is 49.4 Å². The van der Waals surface area contributed by atoms with Crippen LogP contribution in [0.5, 0.6) is 11.5 Å². The van der Waals surface area contributed by atoms with Crippen LogP contribution in [0.15, 0.2) is 47.8 Å². The summed E-state index contributed by atoms with van der Waals surface area (Å²) in [6.45, 7) is 1.59. The van der Waals surface area contributed by atoms with Gasteiger partial charge in [0.25, 0.3) is 11.8 Å². The van der Waals surface area contributed by atoms with Crippen molar-refractivity contribution in [2.45, 2.75) is 6.92 Å². The minimum atomic E-state index is -0.499. The molecule has 0 bridgehead atoms. The van der Waals surface area contributed by atoms with Gasteiger partial charge in [0.1, 0.15) is 18.0 Å². The van der Waals surface area contributed by atoms with Crippen LogP contribution in [-0.4, -0.2) is 49.6 Å². The van der Waals surface area contributed by atoms with Gasteiger partial charge < -0.3 is 14.2 Å². The molecule has 10 heteroatoms. The van der Waals surface area contributed by atoms with Crippen LogP contribution in [0.2, 0.25) is 0 Å². The Bertz CT molecular complexity index is 1190. The molecule has 33 heavy (non-hydrogen) atoms. The zero-order chi connectivity index (χ0) is 23.4. The molecule has 4 rings (SSSR count). The molecule has 1 aliphatic heterocycles.